The van der Waals surface area contributed by atoms with Crippen LogP contribution >= 0.6 is 0 Å². The quantitative estimate of drug-likeness (QED) is 0.583. The molecule has 0 spiro atoms. The van der Waals surface area contributed by atoms with Gasteiger partial charge in [0.15, 0.2) is 0 Å². The minimum atomic E-state index is 0.842. The van der Waals surface area contributed by atoms with Crippen molar-refractivity contribution in [3.63, 3.8) is 0 Å². The van der Waals surface area contributed by atoms with Crippen LogP contribution in [0.1, 0.15) is 49.7 Å². The van der Waals surface area contributed by atoms with E-state index in [1.165, 1.54) is 36.8 Å². The van der Waals surface area contributed by atoms with Crippen molar-refractivity contribution in [1.29, 1.82) is 0 Å². The number of benzene rings is 1. The first-order valence-corrected chi connectivity index (χ1v) is 6.74. The third-order valence-electron chi connectivity index (χ3n) is 3.21. The van der Waals surface area contributed by atoms with Crippen LogP contribution < -0.4 is 4.74 Å². The van der Waals surface area contributed by atoms with Crippen LogP contribution in [0.5, 0.6) is 5.75 Å². The van der Waals surface area contributed by atoms with Crippen molar-refractivity contribution < 1.29 is 4.74 Å². The van der Waals surface area contributed by atoms with Gasteiger partial charge in [0.05, 0.1) is 6.61 Å². The SMILES string of the molecule is [CH2]CCCCCCCOc1cccc(C)c1C. The molecular weight excluding hydrogens is 208 g/mol. The summed E-state index contributed by atoms with van der Waals surface area (Å²) in [4.78, 5) is 0. The van der Waals surface area contributed by atoms with E-state index in [9.17, 15) is 0 Å². The number of ether oxygens (including phenoxy) is 1. The van der Waals surface area contributed by atoms with Gasteiger partial charge in [0.1, 0.15) is 5.75 Å². The molecule has 1 aromatic carbocycles. The van der Waals surface area contributed by atoms with Gasteiger partial charge in [0, 0.05) is 0 Å². The van der Waals surface area contributed by atoms with Crippen LogP contribution in [0.4, 0.5) is 0 Å². The lowest BCUT2D eigenvalue weighted by molar-refractivity contribution is 0.302. The fourth-order valence-corrected chi connectivity index (χ4v) is 1.87. The minimum absolute atomic E-state index is 0.842. The Kier molecular flexibility index (Phi) is 6.76. The first kappa shape index (κ1) is 14.1. The van der Waals surface area contributed by atoms with Gasteiger partial charge >= 0.3 is 0 Å². The molecule has 1 heteroatoms. The van der Waals surface area contributed by atoms with Crippen molar-refractivity contribution in [3.8, 4) is 5.75 Å². The summed E-state index contributed by atoms with van der Waals surface area (Å²) < 4.78 is 5.81. The van der Waals surface area contributed by atoms with Crippen molar-refractivity contribution in [2.75, 3.05) is 6.61 Å². The van der Waals surface area contributed by atoms with Crippen LogP contribution in [0.3, 0.4) is 0 Å². The highest BCUT2D eigenvalue weighted by Gasteiger charge is 2.00. The molecule has 95 valence electrons. The van der Waals surface area contributed by atoms with E-state index in [0.29, 0.717) is 0 Å². The van der Waals surface area contributed by atoms with Gasteiger partial charge in [-0.25, -0.2) is 0 Å². The summed E-state index contributed by atoms with van der Waals surface area (Å²) in [5.41, 5.74) is 2.57. The molecule has 1 radical (unpaired) electrons. The summed E-state index contributed by atoms with van der Waals surface area (Å²) in [6, 6.07) is 6.25. The Morgan fingerprint density at radius 2 is 1.71 bits per heavy atom. The summed E-state index contributed by atoms with van der Waals surface area (Å²) in [5, 5.41) is 0. The first-order valence-electron chi connectivity index (χ1n) is 6.74. The van der Waals surface area contributed by atoms with Crippen molar-refractivity contribution in [3.05, 3.63) is 36.2 Å². The van der Waals surface area contributed by atoms with E-state index in [1.807, 2.05) is 0 Å². The molecule has 0 aromatic heterocycles. The Hall–Kier alpha value is -0.980. The average molecular weight is 233 g/mol. The normalized spacial score (nSPS) is 10.5. The lowest BCUT2D eigenvalue weighted by Crippen LogP contribution is -1.99. The fraction of sp³-hybridized carbons (Fsp3) is 0.562. The van der Waals surface area contributed by atoms with Gasteiger partial charge in [-0.3, -0.25) is 0 Å². The maximum Gasteiger partial charge on any atom is 0.122 e. The molecular formula is C16H25O. The van der Waals surface area contributed by atoms with E-state index < -0.39 is 0 Å². The number of aryl methyl sites for hydroxylation is 1. The van der Waals surface area contributed by atoms with E-state index in [0.717, 1.165) is 25.2 Å². The standard InChI is InChI=1S/C16H25O/c1-4-5-6-7-8-9-13-17-16-12-10-11-14(2)15(16)3/h10-12H,1,4-9,13H2,2-3H3. The highest BCUT2D eigenvalue weighted by Crippen LogP contribution is 2.20. The predicted octanol–water partition coefficient (Wildman–Crippen LogP) is 4.86. The number of rotatable bonds is 8. The molecule has 0 aliphatic heterocycles. The van der Waals surface area contributed by atoms with Gasteiger partial charge in [-0.2, -0.15) is 0 Å². The molecule has 0 heterocycles. The number of unbranched alkanes of at least 4 members (excludes halogenated alkanes) is 5. The largest absolute Gasteiger partial charge is 0.493 e. The molecule has 0 amide bonds. The second-order valence-corrected chi connectivity index (χ2v) is 4.67. The van der Waals surface area contributed by atoms with Crippen molar-refractivity contribution in [2.24, 2.45) is 0 Å². The molecule has 0 bridgehead atoms. The van der Waals surface area contributed by atoms with Gasteiger partial charge in [-0.05, 0) is 37.5 Å². The molecule has 1 nitrogen and oxygen atoms in total. The third-order valence-corrected chi connectivity index (χ3v) is 3.21. The van der Waals surface area contributed by atoms with Gasteiger partial charge in [0.25, 0.3) is 0 Å². The zero-order valence-electron chi connectivity index (χ0n) is 11.3. The smallest absolute Gasteiger partial charge is 0.122 e. The van der Waals surface area contributed by atoms with Crippen LogP contribution in [0.15, 0.2) is 18.2 Å². The topological polar surface area (TPSA) is 9.23 Å². The average Bonchev–Trinajstić information content (AvgIpc) is 2.33. The molecule has 0 aliphatic rings. The molecule has 1 aromatic rings. The minimum Gasteiger partial charge on any atom is -0.493 e. The van der Waals surface area contributed by atoms with E-state index in [4.69, 9.17) is 4.74 Å². The summed E-state index contributed by atoms with van der Waals surface area (Å²) in [6.07, 6.45) is 7.38. The highest BCUT2D eigenvalue weighted by molar-refractivity contribution is 5.38. The molecule has 17 heavy (non-hydrogen) atoms. The van der Waals surface area contributed by atoms with Crippen LogP contribution in [-0.4, -0.2) is 6.61 Å². The molecule has 0 N–H and O–H groups in total. The van der Waals surface area contributed by atoms with Crippen molar-refractivity contribution >= 4 is 0 Å². The van der Waals surface area contributed by atoms with E-state index in [2.05, 4.69) is 39.0 Å². The van der Waals surface area contributed by atoms with Crippen LogP contribution in [-0.2, 0) is 0 Å². The molecule has 0 atom stereocenters. The summed E-state index contributed by atoms with van der Waals surface area (Å²) >= 11 is 0. The summed E-state index contributed by atoms with van der Waals surface area (Å²) in [5.74, 6) is 1.04. The highest BCUT2D eigenvalue weighted by atomic mass is 16.5. The maximum atomic E-state index is 5.81. The fourth-order valence-electron chi connectivity index (χ4n) is 1.87. The van der Waals surface area contributed by atoms with E-state index in [-0.39, 0.29) is 0 Å². The van der Waals surface area contributed by atoms with Crippen LogP contribution in [0.2, 0.25) is 0 Å². The zero-order chi connectivity index (χ0) is 12.5. The van der Waals surface area contributed by atoms with Crippen molar-refractivity contribution in [2.45, 2.75) is 52.4 Å². The lowest BCUT2D eigenvalue weighted by atomic mass is 10.1. The van der Waals surface area contributed by atoms with Crippen LogP contribution in [0.25, 0.3) is 0 Å². The van der Waals surface area contributed by atoms with Gasteiger partial charge in [-0.1, -0.05) is 51.2 Å². The molecule has 0 fully saturated rings. The van der Waals surface area contributed by atoms with Gasteiger partial charge in [-0.15, -0.1) is 0 Å². The van der Waals surface area contributed by atoms with Crippen LogP contribution in [0, 0.1) is 20.8 Å². The Balaban J connectivity index is 2.16. The number of hydrogen-bond donors (Lipinski definition) is 0. The first-order chi connectivity index (χ1) is 8.25. The predicted molar refractivity (Wildman–Crippen MR) is 74.5 cm³/mol. The van der Waals surface area contributed by atoms with Gasteiger partial charge < -0.3 is 4.74 Å². The number of hydrogen-bond acceptors (Lipinski definition) is 1. The lowest BCUT2D eigenvalue weighted by Gasteiger charge is -2.10. The Bertz CT molecular complexity index is 317. The maximum absolute atomic E-state index is 5.81. The third kappa shape index (κ3) is 5.25. The second kappa shape index (κ2) is 8.16. The molecule has 0 saturated carbocycles. The molecule has 0 saturated heterocycles. The van der Waals surface area contributed by atoms with E-state index >= 15 is 0 Å². The second-order valence-electron chi connectivity index (χ2n) is 4.67. The summed E-state index contributed by atoms with van der Waals surface area (Å²) in [7, 11) is 0. The monoisotopic (exact) mass is 233 g/mol. The Morgan fingerprint density at radius 1 is 1.00 bits per heavy atom. The van der Waals surface area contributed by atoms with Gasteiger partial charge in [0.2, 0.25) is 0 Å². The Morgan fingerprint density at radius 3 is 2.47 bits per heavy atom. The Labute approximate surface area is 106 Å². The van der Waals surface area contributed by atoms with E-state index in [1.54, 1.807) is 0 Å². The molecule has 1 rings (SSSR count). The zero-order valence-corrected chi connectivity index (χ0v) is 11.3. The molecule has 0 unspecified atom stereocenters. The van der Waals surface area contributed by atoms with Crippen molar-refractivity contribution in [1.82, 2.24) is 0 Å². The summed E-state index contributed by atoms with van der Waals surface area (Å²) in [6.45, 7) is 8.94. The molecule has 0 aliphatic carbocycles.